The lowest BCUT2D eigenvalue weighted by molar-refractivity contribution is -0.142. The van der Waals surface area contributed by atoms with Crippen molar-refractivity contribution in [3.63, 3.8) is 0 Å². The van der Waals surface area contributed by atoms with Gasteiger partial charge < -0.3 is 25.2 Å². The molecule has 2 rings (SSSR count). The quantitative estimate of drug-likeness (QED) is 0.262. The molecule has 5 atom stereocenters. The number of hydrogen-bond donors (Lipinski definition) is 2. The summed E-state index contributed by atoms with van der Waals surface area (Å²) in [6.07, 6.45) is 0.0879. The summed E-state index contributed by atoms with van der Waals surface area (Å²) in [5.41, 5.74) is 9.17. The number of nitrogens with one attached hydrogen (secondary N) is 2. The van der Waals surface area contributed by atoms with Crippen molar-refractivity contribution in [1.82, 2.24) is 20.4 Å². The molecule has 1 heterocycles. The first-order valence-corrected chi connectivity index (χ1v) is 13.2. The van der Waals surface area contributed by atoms with Gasteiger partial charge in [0, 0.05) is 18.5 Å². The lowest BCUT2D eigenvalue weighted by Crippen LogP contribution is -2.56. The molecule has 0 saturated carbocycles. The summed E-state index contributed by atoms with van der Waals surface area (Å²) in [5, 5.41) is 9.46. The van der Waals surface area contributed by atoms with E-state index in [0.717, 1.165) is 10.5 Å². The molecule has 214 valence electrons. The van der Waals surface area contributed by atoms with E-state index in [9.17, 15) is 19.2 Å². The highest BCUT2D eigenvalue weighted by atomic mass is 16.6. The SMILES string of the molecule is CC[C@H](C)[C@H](NC(=O)CN(C)C(=O)OC(C)(C)C)C(=O)N1C[C@@H](N=[N+]=[N-])C[C@H]1C(=O)N[C@H](C)c1ccccc1. The minimum absolute atomic E-state index is 0.0569. The number of amides is 4. The predicted molar refractivity (Wildman–Crippen MR) is 146 cm³/mol. The molecule has 1 aliphatic heterocycles. The van der Waals surface area contributed by atoms with E-state index >= 15 is 0 Å². The van der Waals surface area contributed by atoms with Gasteiger partial charge in [0.15, 0.2) is 0 Å². The molecule has 12 heteroatoms. The maximum atomic E-state index is 13.8. The smallest absolute Gasteiger partial charge is 0.410 e. The normalized spacial score (nSPS) is 19.2. The summed E-state index contributed by atoms with van der Waals surface area (Å²) in [7, 11) is 1.44. The number of carbonyl (C=O) groups excluding carboxylic acids is 4. The molecule has 12 nitrogen and oxygen atoms in total. The number of likely N-dealkylation sites (N-methyl/N-ethyl adjacent to an activating group) is 1. The first-order valence-electron chi connectivity index (χ1n) is 13.2. The van der Waals surface area contributed by atoms with Gasteiger partial charge in [0.25, 0.3) is 0 Å². The van der Waals surface area contributed by atoms with Crippen molar-refractivity contribution in [1.29, 1.82) is 0 Å². The molecule has 0 radical (unpaired) electrons. The number of carbonyl (C=O) groups is 4. The number of nitrogens with zero attached hydrogens (tertiary/aromatic N) is 5. The van der Waals surface area contributed by atoms with Crippen molar-refractivity contribution in [3.8, 4) is 0 Å². The molecule has 0 aromatic heterocycles. The van der Waals surface area contributed by atoms with E-state index in [-0.39, 0.29) is 37.4 Å². The summed E-state index contributed by atoms with van der Waals surface area (Å²) in [6.45, 7) is 10.5. The van der Waals surface area contributed by atoms with Gasteiger partial charge in [-0.3, -0.25) is 14.4 Å². The van der Waals surface area contributed by atoms with Crippen LogP contribution in [-0.2, 0) is 19.1 Å². The molecular weight excluding hydrogens is 502 g/mol. The number of azide groups is 1. The molecule has 1 aromatic rings. The topological polar surface area (TPSA) is 157 Å². The minimum atomic E-state index is -0.943. The molecule has 0 unspecified atom stereocenters. The monoisotopic (exact) mass is 543 g/mol. The first kappa shape index (κ1) is 31.4. The van der Waals surface area contributed by atoms with Crippen molar-refractivity contribution in [2.75, 3.05) is 20.1 Å². The lowest BCUT2D eigenvalue weighted by atomic mass is 9.97. The molecule has 0 bridgehead atoms. The zero-order valence-electron chi connectivity index (χ0n) is 23.9. The van der Waals surface area contributed by atoms with Crippen molar-refractivity contribution < 1.29 is 23.9 Å². The van der Waals surface area contributed by atoms with E-state index in [1.165, 1.54) is 11.9 Å². The third-order valence-electron chi connectivity index (χ3n) is 6.62. The van der Waals surface area contributed by atoms with Crippen LogP contribution in [0.15, 0.2) is 35.4 Å². The average Bonchev–Trinajstić information content (AvgIpc) is 3.30. The highest BCUT2D eigenvalue weighted by molar-refractivity contribution is 5.93. The average molecular weight is 544 g/mol. The minimum Gasteiger partial charge on any atom is -0.444 e. The third-order valence-corrected chi connectivity index (χ3v) is 6.62. The summed E-state index contributed by atoms with van der Waals surface area (Å²) in [4.78, 5) is 57.7. The molecule has 0 aliphatic carbocycles. The van der Waals surface area contributed by atoms with Gasteiger partial charge in [0.1, 0.15) is 24.2 Å². The van der Waals surface area contributed by atoms with Gasteiger partial charge in [0.2, 0.25) is 17.7 Å². The van der Waals surface area contributed by atoms with Crippen LogP contribution in [0.1, 0.15) is 66.0 Å². The second kappa shape index (κ2) is 13.8. The van der Waals surface area contributed by atoms with Crippen molar-refractivity contribution in [2.24, 2.45) is 11.0 Å². The predicted octanol–water partition coefficient (Wildman–Crippen LogP) is 3.54. The van der Waals surface area contributed by atoms with Crippen LogP contribution in [0.5, 0.6) is 0 Å². The standard InChI is InChI=1S/C27H41N7O5/c1-8-17(2)23(30-22(35)16-33(7)26(38)39-27(4,5)6)25(37)34-15-20(31-32-28)14-21(34)24(36)29-18(3)19-12-10-9-11-13-19/h9-13,17-18,20-21,23H,8,14-16H2,1-7H3,(H,29,36)(H,30,35)/t17-,18+,20-,21-,23-/m0/s1. The number of hydrogen-bond acceptors (Lipinski definition) is 6. The van der Waals surface area contributed by atoms with Gasteiger partial charge in [-0.2, -0.15) is 0 Å². The highest BCUT2D eigenvalue weighted by Gasteiger charge is 2.43. The molecule has 1 saturated heterocycles. The molecule has 0 spiro atoms. The molecule has 39 heavy (non-hydrogen) atoms. The van der Waals surface area contributed by atoms with Crippen LogP contribution in [0.2, 0.25) is 0 Å². The van der Waals surface area contributed by atoms with E-state index in [4.69, 9.17) is 10.3 Å². The summed E-state index contributed by atoms with van der Waals surface area (Å²) < 4.78 is 5.29. The Morgan fingerprint density at radius 1 is 1.18 bits per heavy atom. The zero-order chi connectivity index (χ0) is 29.3. The maximum absolute atomic E-state index is 13.8. The van der Waals surface area contributed by atoms with Crippen LogP contribution in [0.3, 0.4) is 0 Å². The van der Waals surface area contributed by atoms with E-state index in [2.05, 4.69) is 20.7 Å². The Balaban J connectivity index is 2.20. The second-order valence-electron chi connectivity index (χ2n) is 11.0. The summed E-state index contributed by atoms with van der Waals surface area (Å²) in [5.74, 6) is -1.61. The number of rotatable bonds is 10. The zero-order valence-corrected chi connectivity index (χ0v) is 23.9. The largest absolute Gasteiger partial charge is 0.444 e. The van der Waals surface area contributed by atoms with Crippen LogP contribution >= 0.6 is 0 Å². The molecule has 1 aromatic carbocycles. The highest BCUT2D eigenvalue weighted by Crippen LogP contribution is 2.25. The molecule has 4 amide bonds. The van der Waals surface area contributed by atoms with Crippen molar-refractivity contribution in [2.45, 2.75) is 84.2 Å². The van der Waals surface area contributed by atoms with E-state index < -0.39 is 41.6 Å². The Hall–Kier alpha value is -3.79. The summed E-state index contributed by atoms with van der Waals surface area (Å²) in [6, 6.07) is 6.74. The summed E-state index contributed by atoms with van der Waals surface area (Å²) >= 11 is 0. The Kier molecular flexibility index (Phi) is 11.2. The van der Waals surface area contributed by atoms with Gasteiger partial charge in [-0.05, 0) is 51.1 Å². The Morgan fingerprint density at radius 2 is 1.82 bits per heavy atom. The molecule has 1 aliphatic rings. The fourth-order valence-corrected chi connectivity index (χ4v) is 4.30. The number of benzene rings is 1. The Morgan fingerprint density at radius 3 is 2.38 bits per heavy atom. The van der Waals surface area contributed by atoms with E-state index in [0.29, 0.717) is 6.42 Å². The van der Waals surface area contributed by atoms with Gasteiger partial charge in [-0.15, -0.1) is 0 Å². The van der Waals surface area contributed by atoms with Crippen LogP contribution in [0, 0.1) is 5.92 Å². The molecule has 2 N–H and O–H groups in total. The lowest BCUT2D eigenvalue weighted by Gasteiger charge is -2.32. The van der Waals surface area contributed by atoms with E-state index in [1.807, 2.05) is 51.1 Å². The fraction of sp³-hybridized carbons (Fsp3) is 0.630. The van der Waals surface area contributed by atoms with Gasteiger partial charge in [0.05, 0.1) is 12.1 Å². The van der Waals surface area contributed by atoms with Crippen molar-refractivity contribution in [3.05, 3.63) is 46.3 Å². The first-order chi connectivity index (χ1) is 18.3. The Bertz CT molecular complexity index is 1070. The Labute approximate surface area is 230 Å². The fourth-order valence-electron chi connectivity index (χ4n) is 4.30. The second-order valence-corrected chi connectivity index (χ2v) is 11.0. The van der Waals surface area contributed by atoms with Crippen LogP contribution in [0.25, 0.3) is 10.4 Å². The molecular formula is C27H41N7O5. The molecule has 1 fully saturated rings. The van der Waals surface area contributed by atoms with Crippen LogP contribution < -0.4 is 10.6 Å². The van der Waals surface area contributed by atoms with Crippen LogP contribution in [-0.4, -0.2) is 77.5 Å². The van der Waals surface area contributed by atoms with E-state index in [1.54, 1.807) is 20.8 Å². The van der Waals surface area contributed by atoms with Gasteiger partial charge in [-0.1, -0.05) is 55.7 Å². The van der Waals surface area contributed by atoms with Crippen molar-refractivity contribution >= 4 is 23.8 Å². The number of likely N-dealkylation sites (tertiary alicyclic amines) is 1. The van der Waals surface area contributed by atoms with Gasteiger partial charge in [-0.25, -0.2) is 4.79 Å². The number of ether oxygens (including phenoxy) is 1. The maximum Gasteiger partial charge on any atom is 0.410 e. The van der Waals surface area contributed by atoms with Crippen LogP contribution in [0.4, 0.5) is 4.79 Å². The van der Waals surface area contributed by atoms with Gasteiger partial charge >= 0.3 is 6.09 Å². The third kappa shape index (κ3) is 9.17.